The number of methoxy groups -OCH3 is 2. The van der Waals surface area contributed by atoms with E-state index in [0.717, 1.165) is 16.7 Å². The highest BCUT2D eigenvalue weighted by atomic mass is 35.5. The molecule has 0 saturated carbocycles. The van der Waals surface area contributed by atoms with Crippen molar-refractivity contribution in [3.63, 3.8) is 0 Å². The highest BCUT2D eigenvalue weighted by molar-refractivity contribution is 8.00. The van der Waals surface area contributed by atoms with Crippen LogP contribution in [0.25, 0.3) is 0 Å². The Morgan fingerprint density at radius 2 is 1.88 bits per heavy atom. The molecule has 1 saturated heterocycles. The number of carbonyl (C=O) groups is 3. The third kappa shape index (κ3) is 2.84. The molecule has 0 aromatic carbocycles. The van der Waals surface area contributed by atoms with Crippen molar-refractivity contribution in [3.8, 4) is 0 Å². The molecule has 1 aliphatic rings. The van der Waals surface area contributed by atoms with E-state index in [9.17, 15) is 14.4 Å². The van der Waals surface area contributed by atoms with Crippen molar-refractivity contribution in [2.75, 3.05) is 25.9 Å². The van der Waals surface area contributed by atoms with E-state index in [2.05, 4.69) is 9.47 Å². The van der Waals surface area contributed by atoms with E-state index in [1.165, 1.54) is 14.2 Å². The third-order valence-electron chi connectivity index (χ3n) is 2.28. The summed E-state index contributed by atoms with van der Waals surface area (Å²) in [6.45, 7) is 0. The average Bonchev–Trinajstić information content (AvgIpc) is 2.80. The van der Waals surface area contributed by atoms with Gasteiger partial charge in [0.2, 0.25) is 5.91 Å². The molecule has 17 heavy (non-hydrogen) atoms. The van der Waals surface area contributed by atoms with Crippen molar-refractivity contribution in [3.05, 3.63) is 0 Å². The molecule has 0 unspecified atom stereocenters. The molecule has 6 nitrogen and oxygen atoms in total. The number of alkyl halides is 1. The summed E-state index contributed by atoms with van der Waals surface area (Å²) >= 11 is 6.60. The Morgan fingerprint density at radius 1 is 1.29 bits per heavy atom. The highest BCUT2D eigenvalue weighted by Crippen LogP contribution is 2.30. The molecular weight excluding hydrogens is 270 g/mol. The Bertz CT molecular complexity index is 313. The summed E-state index contributed by atoms with van der Waals surface area (Å²) < 4.78 is 9.15. The number of amides is 1. The monoisotopic (exact) mass is 281 g/mol. The van der Waals surface area contributed by atoms with Gasteiger partial charge in [0.1, 0.15) is 11.9 Å². The van der Waals surface area contributed by atoms with Crippen LogP contribution in [0.1, 0.15) is 0 Å². The molecule has 96 valence electrons. The minimum absolute atomic E-state index is 0.287. The summed E-state index contributed by atoms with van der Waals surface area (Å²) in [5, 5.41) is -0.838. The molecule has 0 aromatic rings. The summed E-state index contributed by atoms with van der Waals surface area (Å²) in [5.74, 6) is -1.67. The largest absolute Gasteiger partial charge is 0.467 e. The minimum Gasteiger partial charge on any atom is -0.467 e. The number of carbonyl (C=O) groups excluding carboxylic acids is 3. The molecule has 0 bridgehead atoms. The van der Waals surface area contributed by atoms with Gasteiger partial charge in [-0.1, -0.05) is 0 Å². The predicted molar refractivity (Wildman–Crippen MR) is 61.6 cm³/mol. The predicted octanol–water partition coefficient (Wildman–Crippen LogP) is -0.159. The minimum atomic E-state index is -0.838. The van der Waals surface area contributed by atoms with E-state index in [1.807, 2.05) is 0 Å². The Morgan fingerprint density at radius 3 is 2.35 bits per heavy atom. The number of rotatable bonds is 3. The van der Waals surface area contributed by atoms with Crippen LogP contribution in [0.5, 0.6) is 0 Å². The van der Waals surface area contributed by atoms with Gasteiger partial charge in [-0.3, -0.25) is 4.79 Å². The van der Waals surface area contributed by atoms with Crippen LogP contribution in [0.15, 0.2) is 0 Å². The van der Waals surface area contributed by atoms with Crippen molar-refractivity contribution in [1.82, 2.24) is 4.90 Å². The summed E-state index contributed by atoms with van der Waals surface area (Å²) in [5.41, 5.74) is 0. The summed E-state index contributed by atoms with van der Waals surface area (Å²) in [7, 11) is 2.44. The van der Waals surface area contributed by atoms with Crippen LogP contribution in [-0.4, -0.2) is 60.0 Å². The third-order valence-corrected chi connectivity index (χ3v) is 3.75. The molecule has 1 aliphatic heterocycles. The number of hydrogen-bond acceptors (Lipinski definition) is 6. The first-order valence-corrected chi connectivity index (χ1v) is 6.29. The molecule has 1 fully saturated rings. The molecular formula is C9H12ClNO5S. The zero-order valence-corrected chi connectivity index (χ0v) is 10.9. The zero-order chi connectivity index (χ0) is 13.0. The van der Waals surface area contributed by atoms with Gasteiger partial charge in [0.05, 0.1) is 14.2 Å². The Kier molecular flexibility index (Phi) is 5.07. The summed E-state index contributed by atoms with van der Waals surface area (Å²) in [4.78, 5) is 35.7. The number of hydrogen-bond donors (Lipinski definition) is 0. The van der Waals surface area contributed by atoms with Crippen LogP contribution < -0.4 is 0 Å². The molecule has 8 heteroatoms. The van der Waals surface area contributed by atoms with E-state index in [0.29, 0.717) is 0 Å². The second-order valence-corrected chi connectivity index (χ2v) is 4.56. The first-order chi connectivity index (χ1) is 8.06. The lowest BCUT2D eigenvalue weighted by Gasteiger charge is -2.25. The maximum atomic E-state index is 11.6. The van der Waals surface area contributed by atoms with Crippen molar-refractivity contribution in [2.24, 2.45) is 0 Å². The Balaban J connectivity index is 2.93. The van der Waals surface area contributed by atoms with Gasteiger partial charge in [-0.05, 0) is 0 Å². The molecule has 1 amide bonds. The van der Waals surface area contributed by atoms with Gasteiger partial charge in [0.25, 0.3) is 0 Å². The number of nitrogens with zero attached hydrogens (tertiary/aromatic N) is 1. The van der Waals surface area contributed by atoms with E-state index < -0.39 is 29.3 Å². The molecule has 0 spiro atoms. The number of esters is 2. The Hall–Kier alpha value is -0.950. The maximum Gasteiger partial charge on any atom is 0.339 e. The summed E-state index contributed by atoms with van der Waals surface area (Å²) in [6, 6.07) is -0.791. The summed E-state index contributed by atoms with van der Waals surface area (Å²) in [6.07, 6.45) is 0. The van der Waals surface area contributed by atoms with Gasteiger partial charge in [-0.2, -0.15) is 0 Å². The van der Waals surface area contributed by atoms with Crippen LogP contribution in [0.2, 0.25) is 0 Å². The first-order valence-electron chi connectivity index (χ1n) is 4.71. The number of thioether (sulfide) groups is 1. The smallest absolute Gasteiger partial charge is 0.339 e. The quantitative estimate of drug-likeness (QED) is 0.529. The average molecular weight is 282 g/mol. The van der Waals surface area contributed by atoms with Crippen molar-refractivity contribution >= 4 is 41.2 Å². The van der Waals surface area contributed by atoms with Crippen LogP contribution >= 0.6 is 23.4 Å². The van der Waals surface area contributed by atoms with Gasteiger partial charge in [-0.15, -0.1) is 23.4 Å². The first kappa shape index (κ1) is 14.1. The van der Waals surface area contributed by atoms with E-state index >= 15 is 0 Å². The fraction of sp³-hybridized carbons (Fsp3) is 0.667. The maximum absolute atomic E-state index is 11.6. The second kappa shape index (κ2) is 6.11. The highest BCUT2D eigenvalue weighted by Gasteiger charge is 2.45. The van der Waals surface area contributed by atoms with Crippen LogP contribution in [-0.2, 0) is 23.9 Å². The van der Waals surface area contributed by atoms with Crippen LogP contribution in [0.3, 0.4) is 0 Å². The second-order valence-electron chi connectivity index (χ2n) is 3.18. The molecule has 0 N–H and O–H groups in total. The van der Waals surface area contributed by atoms with E-state index in [4.69, 9.17) is 11.6 Å². The number of ether oxygens (including phenoxy) is 2. The van der Waals surface area contributed by atoms with Gasteiger partial charge in [-0.25, -0.2) is 9.59 Å². The SMILES string of the molecule is COC(=O)[C@H]1SC[C@@H](C(=O)OC)N1C(=O)CCl. The molecule has 0 aliphatic carbocycles. The Labute approximate surface area is 108 Å². The van der Waals surface area contributed by atoms with Gasteiger partial charge in [0.15, 0.2) is 5.37 Å². The molecule has 1 heterocycles. The normalized spacial score (nSPS) is 23.4. The van der Waals surface area contributed by atoms with Gasteiger partial charge >= 0.3 is 11.9 Å². The van der Waals surface area contributed by atoms with Gasteiger partial charge in [0, 0.05) is 5.75 Å². The van der Waals surface area contributed by atoms with Crippen LogP contribution in [0, 0.1) is 0 Å². The lowest BCUT2D eigenvalue weighted by molar-refractivity contribution is -0.155. The van der Waals surface area contributed by atoms with E-state index in [1.54, 1.807) is 0 Å². The fourth-order valence-electron chi connectivity index (χ4n) is 1.48. The topological polar surface area (TPSA) is 72.9 Å². The van der Waals surface area contributed by atoms with Gasteiger partial charge < -0.3 is 14.4 Å². The molecule has 1 rings (SSSR count). The van der Waals surface area contributed by atoms with Crippen LogP contribution in [0.4, 0.5) is 0 Å². The zero-order valence-electron chi connectivity index (χ0n) is 9.34. The molecule has 2 atom stereocenters. The standard InChI is InChI=1S/C9H12ClNO5S/c1-15-8(13)5-4-17-7(9(14)16-2)11(5)6(12)3-10/h5,7H,3-4H2,1-2H3/t5-,7+/m0/s1. The fourth-order valence-corrected chi connectivity index (χ4v) is 2.94. The van der Waals surface area contributed by atoms with Crippen molar-refractivity contribution in [2.45, 2.75) is 11.4 Å². The van der Waals surface area contributed by atoms with Crippen molar-refractivity contribution < 1.29 is 23.9 Å². The lowest BCUT2D eigenvalue weighted by Crippen LogP contribution is -2.49. The molecule has 0 aromatic heterocycles. The van der Waals surface area contributed by atoms with Crippen molar-refractivity contribution in [1.29, 1.82) is 0 Å². The number of halogens is 1. The lowest BCUT2D eigenvalue weighted by atomic mass is 10.2. The van der Waals surface area contributed by atoms with E-state index in [-0.39, 0.29) is 11.6 Å². The molecule has 0 radical (unpaired) electrons.